The molecule has 1 heterocycles. The molecule has 0 aliphatic carbocycles. The Balaban J connectivity index is 2.36. The third-order valence-electron chi connectivity index (χ3n) is 3.10. The fraction of sp³-hybridized carbons (Fsp3) is 0.357. The molecule has 1 N–H and O–H groups in total. The fourth-order valence-corrected chi connectivity index (χ4v) is 2.11. The monoisotopic (exact) mass is 229 g/mol. The molecular weight excluding hydrogens is 210 g/mol. The SMILES string of the molecule is CCn1cc(C(NC)c2ccccc2C)cn1. The standard InChI is InChI=1S/C14H19N3/c1-4-17-10-12(9-16-17)14(15-3)13-8-6-5-7-11(13)2/h5-10,14-15H,4H2,1-3H3. The first-order valence-corrected chi connectivity index (χ1v) is 6.01. The van der Waals surface area contributed by atoms with Crippen molar-refractivity contribution in [2.45, 2.75) is 26.4 Å². The number of nitrogens with zero attached hydrogens (tertiary/aromatic N) is 2. The molecule has 2 rings (SSSR count). The summed E-state index contributed by atoms with van der Waals surface area (Å²) in [5, 5.41) is 7.69. The van der Waals surface area contributed by atoms with Crippen LogP contribution in [0.2, 0.25) is 0 Å². The van der Waals surface area contributed by atoms with Crippen LogP contribution in [0.3, 0.4) is 0 Å². The molecule has 3 heteroatoms. The number of aromatic nitrogens is 2. The van der Waals surface area contributed by atoms with Crippen molar-refractivity contribution in [3.05, 3.63) is 53.3 Å². The minimum Gasteiger partial charge on any atom is -0.309 e. The first-order valence-electron chi connectivity index (χ1n) is 6.01. The molecule has 0 spiro atoms. The van der Waals surface area contributed by atoms with Gasteiger partial charge >= 0.3 is 0 Å². The van der Waals surface area contributed by atoms with Crippen molar-refractivity contribution in [3.63, 3.8) is 0 Å². The summed E-state index contributed by atoms with van der Waals surface area (Å²) >= 11 is 0. The van der Waals surface area contributed by atoms with Gasteiger partial charge in [-0.05, 0) is 32.0 Å². The molecule has 1 aromatic heterocycles. The molecule has 0 saturated heterocycles. The number of rotatable bonds is 4. The van der Waals surface area contributed by atoms with E-state index in [1.54, 1.807) is 0 Å². The lowest BCUT2D eigenvalue weighted by atomic mass is 9.97. The van der Waals surface area contributed by atoms with Crippen LogP contribution in [0.1, 0.15) is 29.7 Å². The zero-order valence-electron chi connectivity index (χ0n) is 10.6. The number of aryl methyl sites for hydroxylation is 2. The molecule has 0 amide bonds. The Morgan fingerprint density at radius 3 is 2.71 bits per heavy atom. The second-order valence-corrected chi connectivity index (χ2v) is 4.21. The Morgan fingerprint density at radius 2 is 2.12 bits per heavy atom. The van der Waals surface area contributed by atoms with Gasteiger partial charge in [0, 0.05) is 18.3 Å². The molecule has 0 bridgehead atoms. The van der Waals surface area contributed by atoms with Crippen LogP contribution in [0.5, 0.6) is 0 Å². The summed E-state index contributed by atoms with van der Waals surface area (Å²) in [5.41, 5.74) is 3.82. The quantitative estimate of drug-likeness (QED) is 0.873. The van der Waals surface area contributed by atoms with E-state index in [4.69, 9.17) is 0 Å². The van der Waals surface area contributed by atoms with Gasteiger partial charge in [0.15, 0.2) is 0 Å². The number of benzene rings is 1. The molecule has 3 nitrogen and oxygen atoms in total. The van der Waals surface area contributed by atoms with Gasteiger partial charge in [0.05, 0.1) is 12.2 Å². The maximum Gasteiger partial charge on any atom is 0.0608 e. The molecule has 1 atom stereocenters. The van der Waals surface area contributed by atoms with Crippen LogP contribution in [0.15, 0.2) is 36.7 Å². The smallest absolute Gasteiger partial charge is 0.0608 e. The topological polar surface area (TPSA) is 29.9 Å². The summed E-state index contributed by atoms with van der Waals surface area (Å²) in [6.07, 6.45) is 4.05. The van der Waals surface area contributed by atoms with E-state index >= 15 is 0 Å². The van der Waals surface area contributed by atoms with Crippen LogP contribution in [0.4, 0.5) is 0 Å². The van der Waals surface area contributed by atoms with Crippen LogP contribution in [0.25, 0.3) is 0 Å². The van der Waals surface area contributed by atoms with Crippen molar-refractivity contribution in [1.29, 1.82) is 0 Å². The van der Waals surface area contributed by atoms with Crippen molar-refractivity contribution in [2.24, 2.45) is 0 Å². The largest absolute Gasteiger partial charge is 0.309 e. The first kappa shape index (κ1) is 11.9. The van der Waals surface area contributed by atoms with Crippen LogP contribution < -0.4 is 5.32 Å². The average molecular weight is 229 g/mol. The van der Waals surface area contributed by atoms with Crippen LogP contribution in [-0.2, 0) is 6.54 Å². The molecule has 0 aliphatic heterocycles. The van der Waals surface area contributed by atoms with E-state index < -0.39 is 0 Å². The molecule has 0 radical (unpaired) electrons. The van der Waals surface area contributed by atoms with Crippen molar-refractivity contribution >= 4 is 0 Å². The van der Waals surface area contributed by atoms with Crippen molar-refractivity contribution in [1.82, 2.24) is 15.1 Å². The Morgan fingerprint density at radius 1 is 1.35 bits per heavy atom. The van der Waals surface area contributed by atoms with Crippen LogP contribution in [-0.4, -0.2) is 16.8 Å². The molecule has 0 fully saturated rings. The first-order chi connectivity index (χ1) is 8.26. The highest BCUT2D eigenvalue weighted by Gasteiger charge is 2.15. The van der Waals surface area contributed by atoms with Gasteiger partial charge in [0.2, 0.25) is 0 Å². The highest BCUT2D eigenvalue weighted by molar-refractivity contribution is 5.35. The highest BCUT2D eigenvalue weighted by Crippen LogP contribution is 2.23. The fourth-order valence-electron chi connectivity index (χ4n) is 2.11. The van der Waals surface area contributed by atoms with Gasteiger partial charge in [0.25, 0.3) is 0 Å². The molecule has 1 unspecified atom stereocenters. The lowest BCUT2D eigenvalue weighted by Crippen LogP contribution is -2.18. The van der Waals surface area contributed by atoms with E-state index in [9.17, 15) is 0 Å². The predicted molar refractivity (Wildman–Crippen MR) is 70.0 cm³/mol. The Hall–Kier alpha value is -1.61. The Labute approximate surface area is 102 Å². The molecule has 90 valence electrons. The average Bonchev–Trinajstić information content (AvgIpc) is 2.81. The van der Waals surface area contributed by atoms with E-state index in [-0.39, 0.29) is 6.04 Å². The molecule has 17 heavy (non-hydrogen) atoms. The van der Waals surface area contributed by atoms with E-state index in [0.29, 0.717) is 0 Å². The van der Waals surface area contributed by atoms with Gasteiger partial charge in [0.1, 0.15) is 0 Å². The lowest BCUT2D eigenvalue weighted by Gasteiger charge is -2.17. The number of hydrogen-bond acceptors (Lipinski definition) is 2. The zero-order chi connectivity index (χ0) is 12.3. The summed E-state index contributed by atoms with van der Waals surface area (Å²) in [7, 11) is 1.99. The van der Waals surface area contributed by atoms with Gasteiger partial charge in [-0.1, -0.05) is 24.3 Å². The van der Waals surface area contributed by atoms with Crippen LogP contribution >= 0.6 is 0 Å². The van der Waals surface area contributed by atoms with Crippen molar-refractivity contribution in [2.75, 3.05) is 7.05 Å². The second-order valence-electron chi connectivity index (χ2n) is 4.21. The zero-order valence-corrected chi connectivity index (χ0v) is 10.6. The third-order valence-corrected chi connectivity index (χ3v) is 3.10. The molecule has 0 aliphatic rings. The molecule has 2 aromatic rings. The summed E-state index contributed by atoms with van der Waals surface area (Å²) in [4.78, 5) is 0. The van der Waals surface area contributed by atoms with Gasteiger partial charge < -0.3 is 5.32 Å². The lowest BCUT2D eigenvalue weighted by molar-refractivity contribution is 0.653. The molecular formula is C14H19N3. The minimum atomic E-state index is 0.219. The Bertz CT molecular complexity index is 488. The molecule has 0 saturated carbocycles. The van der Waals surface area contributed by atoms with Gasteiger partial charge in [-0.2, -0.15) is 5.10 Å². The van der Waals surface area contributed by atoms with Gasteiger partial charge in [-0.15, -0.1) is 0 Å². The molecule has 1 aromatic carbocycles. The van der Waals surface area contributed by atoms with E-state index in [1.807, 2.05) is 17.9 Å². The Kier molecular flexibility index (Phi) is 3.59. The van der Waals surface area contributed by atoms with Crippen molar-refractivity contribution < 1.29 is 0 Å². The predicted octanol–water partition coefficient (Wildman–Crippen LogP) is 2.52. The normalized spacial score (nSPS) is 12.6. The minimum absolute atomic E-state index is 0.219. The summed E-state index contributed by atoms with van der Waals surface area (Å²) in [6.45, 7) is 5.15. The van der Waals surface area contributed by atoms with E-state index in [0.717, 1.165) is 6.54 Å². The van der Waals surface area contributed by atoms with Gasteiger partial charge in [-0.3, -0.25) is 4.68 Å². The summed E-state index contributed by atoms with van der Waals surface area (Å²) in [6, 6.07) is 8.68. The van der Waals surface area contributed by atoms with E-state index in [2.05, 4.69) is 54.7 Å². The third kappa shape index (κ3) is 2.39. The highest BCUT2D eigenvalue weighted by atomic mass is 15.3. The van der Waals surface area contributed by atoms with Crippen molar-refractivity contribution in [3.8, 4) is 0 Å². The maximum atomic E-state index is 4.34. The number of hydrogen-bond donors (Lipinski definition) is 1. The van der Waals surface area contributed by atoms with E-state index in [1.165, 1.54) is 16.7 Å². The summed E-state index contributed by atoms with van der Waals surface area (Å²) < 4.78 is 1.96. The number of nitrogens with one attached hydrogen (secondary N) is 1. The van der Waals surface area contributed by atoms with Crippen LogP contribution in [0, 0.1) is 6.92 Å². The summed E-state index contributed by atoms with van der Waals surface area (Å²) in [5.74, 6) is 0. The second kappa shape index (κ2) is 5.15. The maximum absolute atomic E-state index is 4.34. The van der Waals surface area contributed by atoms with Gasteiger partial charge in [-0.25, -0.2) is 0 Å².